The van der Waals surface area contributed by atoms with Crippen molar-refractivity contribution >= 4 is 0 Å². The van der Waals surface area contributed by atoms with E-state index < -0.39 is 0 Å². The van der Waals surface area contributed by atoms with Crippen LogP contribution in [0, 0.1) is 0 Å². The maximum absolute atomic E-state index is 7.57. The molecule has 0 unspecified atom stereocenters. The van der Waals surface area contributed by atoms with Crippen molar-refractivity contribution in [3.63, 3.8) is 0 Å². The highest BCUT2D eigenvalue weighted by Crippen LogP contribution is 1.75. The molecule has 0 aromatic heterocycles. The summed E-state index contributed by atoms with van der Waals surface area (Å²) in [5.74, 6) is 0. The van der Waals surface area contributed by atoms with Gasteiger partial charge in [0.2, 0.25) is 0 Å². The maximum atomic E-state index is 7.57. The SMILES string of the molecule is CCO.CCOCCOCC. The Morgan fingerprint density at radius 3 is 1.36 bits per heavy atom. The van der Waals surface area contributed by atoms with E-state index in [9.17, 15) is 0 Å². The van der Waals surface area contributed by atoms with Gasteiger partial charge >= 0.3 is 0 Å². The number of hydrogen-bond acceptors (Lipinski definition) is 3. The van der Waals surface area contributed by atoms with Gasteiger partial charge in [0.05, 0.1) is 13.2 Å². The molecule has 3 heteroatoms. The van der Waals surface area contributed by atoms with Crippen molar-refractivity contribution in [3.8, 4) is 0 Å². The summed E-state index contributed by atoms with van der Waals surface area (Å²) < 4.78 is 10.0. The van der Waals surface area contributed by atoms with Crippen LogP contribution < -0.4 is 0 Å². The zero-order chi connectivity index (χ0) is 8.95. The molecule has 1 N–H and O–H groups in total. The van der Waals surface area contributed by atoms with Crippen molar-refractivity contribution in [1.29, 1.82) is 0 Å². The highest BCUT2D eigenvalue weighted by molar-refractivity contribution is 4.24. The molecule has 0 aromatic carbocycles. The first-order valence-electron chi connectivity index (χ1n) is 4.09. The van der Waals surface area contributed by atoms with Gasteiger partial charge in [-0.1, -0.05) is 0 Å². The van der Waals surface area contributed by atoms with Gasteiger partial charge in [0.15, 0.2) is 0 Å². The lowest BCUT2D eigenvalue weighted by Crippen LogP contribution is -2.02. The summed E-state index contributed by atoms with van der Waals surface area (Å²) in [4.78, 5) is 0. The van der Waals surface area contributed by atoms with Crippen molar-refractivity contribution in [3.05, 3.63) is 0 Å². The van der Waals surface area contributed by atoms with Gasteiger partial charge in [-0.05, 0) is 20.8 Å². The Hall–Kier alpha value is -0.120. The van der Waals surface area contributed by atoms with E-state index >= 15 is 0 Å². The van der Waals surface area contributed by atoms with Crippen molar-refractivity contribution < 1.29 is 14.6 Å². The smallest absolute Gasteiger partial charge is 0.0700 e. The molecule has 0 saturated carbocycles. The third-order valence-electron chi connectivity index (χ3n) is 0.780. The van der Waals surface area contributed by atoms with Crippen LogP contribution in [0.4, 0.5) is 0 Å². The van der Waals surface area contributed by atoms with Crippen LogP contribution in [0.1, 0.15) is 20.8 Å². The molecule has 0 atom stereocenters. The molecular weight excluding hydrogens is 144 g/mol. The van der Waals surface area contributed by atoms with E-state index in [-0.39, 0.29) is 6.61 Å². The van der Waals surface area contributed by atoms with Crippen molar-refractivity contribution in [1.82, 2.24) is 0 Å². The number of hydrogen-bond donors (Lipinski definition) is 1. The van der Waals surface area contributed by atoms with Crippen LogP contribution in [0.2, 0.25) is 0 Å². The minimum atomic E-state index is 0.250. The average molecular weight is 164 g/mol. The van der Waals surface area contributed by atoms with E-state index in [1.807, 2.05) is 13.8 Å². The fraction of sp³-hybridized carbons (Fsp3) is 1.00. The van der Waals surface area contributed by atoms with E-state index in [0.717, 1.165) is 26.4 Å². The lowest BCUT2D eigenvalue weighted by molar-refractivity contribution is 0.0584. The molecule has 70 valence electrons. The highest BCUT2D eigenvalue weighted by atomic mass is 16.5. The summed E-state index contributed by atoms with van der Waals surface area (Å²) >= 11 is 0. The van der Waals surface area contributed by atoms with Crippen molar-refractivity contribution in [2.45, 2.75) is 20.8 Å². The molecule has 0 aliphatic heterocycles. The van der Waals surface area contributed by atoms with Crippen LogP contribution in [0.15, 0.2) is 0 Å². The van der Waals surface area contributed by atoms with Gasteiger partial charge in [0.1, 0.15) is 0 Å². The highest BCUT2D eigenvalue weighted by Gasteiger charge is 1.81. The van der Waals surface area contributed by atoms with Gasteiger partial charge in [0.25, 0.3) is 0 Å². The van der Waals surface area contributed by atoms with E-state index in [0.29, 0.717) is 0 Å². The maximum Gasteiger partial charge on any atom is 0.0700 e. The molecule has 0 radical (unpaired) electrons. The normalized spacial score (nSPS) is 8.73. The number of ether oxygens (including phenoxy) is 2. The molecule has 0 spiro atoms. The lowest BCUT2D eigenvalue weighted by Gasteiger charge is -1.99. The van der Waals surface area contributed by atoms with Gasteiger partial charge in [-0.2, -0.15) is 0 Å². The number of rotatable bonds is 5. The Labute approximate surface area is 69.3 Å². The van der Waals surface area contributed by atoms with E-state index in [1.165, 1.54) is 0 Å². The molecule has 0 bridgehead atoms. The average Bonchev–Trinajstić information content (AvgIpc) is 2.00. The summed E-state index contributed by atoms with van der Waals surface area (Å²) in [6.07, 6.45) is 0. The Morgan fingerprint density at radius 1 is 0.909 bits per heavy atom. The predicted molar refractivity (Wildman–Crippen MR) is 45.7 cm³/mol. The second kappa shape index (κ2) is 16.5. The first-order chi connectivity index (χ1) is 5.33. The van der Waals surface area contributed by atoms with Crippen molar-refractivity contribution in [2.24, 2.45) is 0 Å². The van der Waals surface area contributed by atoms with E-state index in [2.05, 4.69) is 0 Å². The van der Waals surface area contributed by atoms with Crippen LogP contribution >= 0.6 is 0 Å². The first kappa shape index (κ1) is 13.5. The number of aliphatic hydroxyl groups excluding tert-OH is 1. The quantitative estimate of drug-likeness (QED) is 0.617. The fourth-order valence-electron chi connectivity index (χ4n) is 0.407. The van der Waals surface area contributed by atoms with Crippen LogP contribution in [0.5, 0.6) is 0 Å². The lowest BCUT2D eigenvalue weighted by atomic mass is 10.7. The van der Waals surface area contributed by atoms with E-state index in [1.54, 1.807) is 6.92 Å². The van der Waals surface area contributed by atoms with Crippen LogP contribution in [-0.2, 0) is 9.47 Å². The molecule has 0 aliphatic carbocycles. The summed E-state index contributed by atoms with van der Waals surface area (Å²) in [5, 5.41) is 7.57. The molecule has 11 heavy (non-hydrogen) atoms. The Bertz CT molecular complexity index is 42.6. The molecule has 0 aliphatic rings. The van der Waals surface area contributed by atoms with Crippen LogP contribution in [0.3, 0.4) is 0 Å². The summed E-state index contributed by atoms with van der Waals surface area (Å²) in [5.41, 5.74) is 0. The molecule has 0 rings (SSSR count). The standard InChI is InChI=1S/C6H14O2.C2H6O/c1-3-7-5-6-8-4-2;1-2-3/h3-6H2,1-2H3;3H,2H2,1H3. The molecule has 3 nitrogen and oxygen atoms in total. The summed E-state index contributed by atoms with van der Waals surface area (Å²) in [6.45, 7) is 8.91. The molecular formula is C8H20O3. The second-order valence-corrected chi connectivity index (χ2v) is 1.71. The van der Waals surface area contributed by atoms with E-state index in [4.69, 9.17) is 14.6 Å². The molecule has 0 fully saturated rings. The Balaban J connectivity index is 0. The second-order valence-electron chi connectivity index (χ2n) is 1.71. The van der Waals surface area contributed by atoms with Gasteiger partial charge in [-0.25, -0.2) is 0 Å². The first-order valence-corrected chi connectivity index (χ1v) is 4.09. The summed E-state index contributed by atoms with van der Waals surface area (Å²) in [6, 6.07) is 0. The van der Waals surface area contributed by atoms with Gasteiger partial charge in [-0.3, -0.25) is 0 Å². The summed E-state index contributed by atoms with van der Waals surface area (Å²) in [7, 11) is 0. The van der Waals surface area contributed by atoms with Crippen LogP contribution in [-0.4, -0.2) is 38.1 Å². The Kier molecular flexibility index (Phi) is 20.2. The fourth-order valence-corrected chi connectivity index (χ4v) is 0.407. The largest absolute Gasteiger partial charge is 0.397 e. The minimum absolute atomic E-state index is 0.250. The third kappa shape index (κ3) is 25.8. The zero-order valence-electron chi connectivity index (χ0n) is 7.80. The molecule has 0 saturated heterocycles. The van der Waals surface area contributed by atoms with Gasteiger partial charge < -0.3 is 14.6 Å². The molecule has 0 heterocycles. The third-order valence-corrected chi connectivity index (χ3v) is 0.780. The van der Waals surface area contributed by atoms with Gasteiger partial charge in [-0.15, -0.1) is 0 Å². The minimum Gasteiger partial charge on any atom is -0.397 e. The number of aliphatic hydroxyl groups is 1. The predicted octanol–water partition coefficient (Wildman–Crippen LogP) is 1.06. The van der Waals surface area contributed by atoms with Crippen LogP contribution in [0.25, 0.3) is 0 Å². The van der Waals surface area contributed by atoms with Gasteiger partial charge in [0, 0.05) is 19.8 Å². The molecule has 0 aromatic rings. The molecule has 0 amide bonds. The topological polar surface area (TPSA) is 38.7 Å². The monoisotopic (exact) mass is 164 g/mol. The zero-order valence-corrected chi connectivity index (χ0v) is 7.80. The Morgan fingerprint density at radius 2 is 1.18 bits per heavy atom. The van der Waals surface area contributed by atoms with Crippen molar-refractivity contribution in [2.75, 3.05) is 33.0 Å².